The van der Waals surface area contributed by atoms with Crippen LogP contribution in [0.2, 0.25) is 0 Å². The fraction of sp³-hybridized carbons (Fsp3) is 0.625. The Morgan fingerprint density at radius 1 is 1.16 bits per heavy atom. The molecule has 0 fully saturated rings. The highest BCUT2D eigenvalue weighted by Gasteiger charge is 2.06. The van der Waals surface area contributed by atoms with E-state index in [1.807, 2.05) is 25.1 Å². The standard InChI is InChI=1S/C16H26BrNO/c1-3-4-5-6-7-8-11-19-14-9-10-15(13(2)18)16(17)12-14/h9-10,12-13H,3-8,11,18H2,1-2H3. The summed E-state index contributed by atoms with van der Waals surface area (Å²) in [6.07, 6.45) is 7.73. The van der Waals surface area contributed by atoms with E-state index in [-0.39, 0.29) is 6.04 Å². The summed E-state index contributed by atoms with van der Waals surface area (Å²) in [5.74, 6) is 0.921. The van der Waals surface area contributed by atoms with Crippen molar-refractivity contribution >= 4 is 15.9 Å². The zero-order valence-electron chi connectivity index (χ0n) is 12.1. The van der Waals surface area contributed by atoms with Crippen LogP contribution < -0.4 is 10.5 Å². The molecule has 3 heteroatoms. The summed E-state index contributed by atoms with van der Waals surface area (Å²) in [4.78, 5) is 0. The zero-order valence-corrected chi connectivity index (χ0v) is 13.7. The van der Waals surface area contributed by atoms with Gasteiger partial charge in [-0.2, -0.15) is 0 Å². The average Bonchev–Trinajstić information content (AvgIpc) is 2.37. The molecule has 0 spiro atoms. The Bertz CT molecular complexity index is 366. The van der Waals surface area contributed by atoms with Crippen LogP contribution in [0.25, 0.3) is 0 Å². The molecule has 1 aromatic carbocycles. The zero-order chi connectivity index (χ0) is 14.1. The van der Waals surface area contributed by atoms with Gasteiger partial charge in [-0.05, 0) is 31.0 Å². The van der Waals surface area contributed by atoms with Gasteiger partial charge in [0, 0.05) is 10.5 Å². The van der Waals surface area contributed by atoms with Gasteiger partial charge in [-0.25, -0.2) is 0 Å². The first-order valence-electron chi connectivity index (χ1n) is 7.33. The van der Waals surface area contributed by atoms with Crippen molar-refractivity contribution in [3.8, 4) is 5.75 Å². The van der Waals surface area contributed by atoms with Gasteiger partial charge < -0.3 is 10.5 Å². The number of benzene rings is 1. The lowest BCUT2D eigenvalue weighted by atomic mass is 10.1. The predicted molar refractivity (Wildman–Crippen MR) is 85.6 cm³/mol. The van der Waals surface area contributed by atoms with E-state index in [4.69, 9.17) is 10.5 Å². The van der Waals surface area contributed by atoms with Crippen LogP contribution in [0, 0.1) is 0 Å². The number of nitrogens with two attached hydrogens (primary N) is 1. The van der Waals surface area contributed by atoms with E-state index in [9.17, 15) is 0 Å². The maximum Gasteiger partial charge on any atom is 0.120 e. The number of unbranched alkanes of at least 4 members (excludes halogenated alkanes) is 5. The maximum absolute atomic E-state index is 5.87. The van der Waals surface area contributed by atoms with Crippen LogP contribution in [0.15, 0.2) is 22.7 Å². The second-order valence-electron chi connectivity index (χ2n) is 5.09. The molecular weight excluding hydrogens is 302 g/mol. The van der Waals surface area contributed by atoms with Crippen molar-refractivity contribution in [3.63, 3.8) is 0 Å². The molecule has 0 aliphatic carbocycles. The van der Waals surface area contributed by atoms with Crippen LogP contribution in [-0.4, -0.2) is 6.61 Å². The van der Waals surface area contributed by atoms with Crippen LogP contribution in [0.5, 0.6) is 5.75 Å². The molecule has 0 radical (unpaired) electrons. The van der Waals surface area contributed by atoms with Crippen LogP contribution in [0.3, 0.4) is 0 Å². The minimum atomic E-state index is 0.0435. The minimum absolute atomic E-state index is 0.0435. The van der Waals surface area contributed by atoms with Crippen molar-refractivity contribution in [2.45, 2.75) is 58.4 Å². The molecule has 1 unspecified atom stereocenters. The molecule has 1 atom stereocenters. The number of hydrogen-bond donors (Lipinski definition) is 1. The van der Waals surface area contributed by atoms with Gasteiger partial charge in [0.1, 0.15) is 5.75 Å². The summed E-state index contributed by atoms with van der Waals surface area (Å²) in [5, 5.41) is 0. The normalized spacial score (nSPS) is 12.4. The lowest BCUT2D eigenvalue weighted by Gasteiger charge is -2.11. The predicted octanol–water partition coefficient (Wildman–Crippen LogP) is 5.21. The molecule has 0 aromatic heterocycles. The van der Waals surface area contributed by atoms with Crippen LogP contribution in [0.4, 0.5) is 0 Å². The SMILES string of the molecule is CCCCCCCCOc1ccc(C(C)N)c(Br)c1. The molecule has 1 rings (SSSR count). The Morgan fingerprint density at radius 2 is 1.84 bits per heavy atom. The number of hydrogen-bond acceptors (Lipinski definition) is 2. The van der Waals surface area contributed by atoms with Gasteiger partial charge in [-0.3, -0.25) is 0 Å². The molecule has 0 saturated carbocycles. The highest BCUT2D eigenvalue weighted by atomic mass is 79.9. The van der Waals surface area contributed by atoms with E-state index in [0.717, 1.165) is 28.8 Å². The molecule has 0 heterocycles. The van der Waals surface area contributed by atoms with Crippen molar-refractivity contribution in [3.05, 3.63) is 28.2 Å². The van der Waals surface area contributed by atoms with Gasteiger partial charge >= 0.3 is 0 Å². The van der Waals surface area contributed by atoms with Gasteiger partial charge in [0.2, 0.25) is 0 Å². The smallest absolute Gasteiger partial charge is 0.120 e. The summed E-state index contributed by atoms with van der Waals surface area (Å²) in [6, 6.07) is 6.09. The number of halogens is 1. The third-order valence-electron chi connectivity index (χ3n) is 3.23. The van der Waals surface area contributed by atoms with E-state index >= 15 is 0 Å². The monoisotopic (exact) mass is 327 g/mol. The fourth-order valence-electron chi connectivity index (χ4n) is 2.04. The summed E-state index contributed by atoms with van der Waals surface area (Å²) in [7, 11) is 0. The quantitative estimate of drug-likeness (QED) is 0.632. The molecule has 0 bridgehead atoms. The van der Waals surface area contributed by atoms with Gasteiger partial charge in [-0.15, -0.1) is 0 Å². The molecule has 0 aliphatic rings. The topological polar surface area (TPSA) is 35.2 Å². The third kappa shape index (κ3) is 6.44. The lowest BCUT2D eigenvalue weighted by Crippen LogP contribution is -2.06. The van der Waals surface area contributed by atoms with E-state index in [1.54, 1.807) is 0 Å². The Kier molecular flexibility index (Phi) is 8.15. The van der Waals surface area contributed by atoms with E-state index in [1.165, 1.54) is 32.1 Å². The Labute approximate surface area is 125 Å². The van der Waals surface area contributed by atoms with E-state index < -0.39 is 0 Å². The third-order valence-corrected chi connectivity index (χ3v) is 3.92. The molecule has 108 valence electrons. The lowest BCUT2D eigenvalue weighted by molar-refractivity contribution is 0.304. The largest absolute Gasteiger partial charge is 0.494 e. The average molecular weight is 328 g/mol. The van der Waals surface area contributed by atoms with Gasteiger partial charge in [0.05, 0.1) is 6.61 Å². The maximum atomic E-state index is 5.87. The molecular formula is C16H26BrNO. The summed E-state index contributed by atoms with van der Waals surface area (Å²) in [6.45, 7) is 5.03. The molecule has 2 N–H and O–H groups in total. The van der Waals surface area contributed by atoms with Crippen molar-refractivity contribution in [2.24, 2.45) is 5.73 Å². The van der Waals surface area contributed by atoms with Crippen molar-refractivity contribution in [2.75, 3.05) is 6.61 Å². The fourth-order valence-corrected chi connectivity index (χ4v) is 2.76. The number of rotatable bonds is 9. The highest BCUT2D eigenvalue weighted by molar-refractivity contribution is 9.10. The Morgan fingerprint density at radius 3 is 2.47 bits per heavy atom. The van der Waals surface area contributed by atoms with Gasteiger partial charge in [0.25, 0.3) is 0 Å². The Hall–Kier alpha value is -0.540. The summed E-state index contributed by atoms with van der Waals surface area (Å²) in [5.41, 5.74) is 6.99. The first-order valence-corrected chi connectivity index (χ1v) is 8.12. The van der Waals surface area contributed by atoms with Crippen LogP contribution in [-0.2, 0) is 0 Å². The van der Waals surface area contributed by atoms with Gasteiger partial charge in [0.15, 0.2) is 0 Å². The van der Waals surface area contributed by atoms with E-state index in [0.29, 0.717) is 0 Å². The van der Waals surface area contributed by atoms with E-state index in [2.05, 4.69) is 22.9 Å². The molecule has 0 amide bonds. The minimum Gasteiger partial charge on any atom is -0.494 e. The number of ether oxygens (including phenoxy) is 1. The molecule has 1 aromatic rings. The second-order valence-corrected chi connectivity index (χ2v) is 5.94. The molecule has 2 nitrogen and oxygen atoms in total. The van der Waals surface area contributed by atoms with Crippen molar-refractivity contribution in [1.29, 1.82) is 0 Å². The second kappa shape index (κ2) is 9.38. The van der Waals surface area contributed by atoms with Crippen LogP contribution >= 0.6 is 15.9 Å². The van der Waals surface area contributed by atoms with Gasteiger partial charge in [-0.1, -0.05) is 61.0 Å². The molecule has 0 saturated heterocycles. The summed E-state index contributed by atoms with van der Waals surface area (Å²) >= 11 is 3.54. The molecule has 19 heavy (non-hydrogen) atoms. The van der Waals surface area contributed by atoms with Crippen LogP contribution in [0.1, 0.15) is 64.0 Å². The van der Waals surface area contributed by atoms with Crippen molar-refractivity contribution in [1.82, 2.24) is 0 Å². The first-order chi connectivity index (χ1) is 9.15. The first kappa shape index (κ1) is 16.5. The Balaban J connectivity index is 2.25. The highest BCUT2D eigenvalue weighted by Crippen LogP contribution is 2.26. The van der Waals surface area contributed by atoms with Crippen molar-refractivity contribution < 1.29 is 4.74 Å². The molecule has 0 aliphatic heterocycles. The summed E-state index contributed by atoms with van der Waals surface area (Å²) < 4.78 is 6.79.